The summed E-state index contributed by atoms with van der Waals surface area (Å²) in [6.07, 6.45) is 3.12. The lowest BCUT2D eigenvalue weighted by atomic mass is 10.2. The lowest BCUT2D eigenvalue weighted by Crippen LogP contribution is -2.12. The van der Waals surface area contributed by atoms with Gasteiger partial charge >= 0.3 is 5.97 Å². The van der Waals surface area contributed by atoms with Crippen LogP contribution in [0.3, 0.4) is 0 Å². The number of nitrogens with zero attached hydrogens (tertiary/aromatic N) is 2. The molecule has 1 aromatic carbocycles. The summed E-state index contributed by atoms with van der Waals surface area (Å²) < 4.78 is 6.65. The van der Waals surface area contributed by atoms with Crippen molar-refractivity contribution < 1.29 is 19.4 Å². The van der Waals surface area contributed by atoms with E-state index in [0.29, 0.717) is 17.8 Å². The summed E-state index contributed by atoms with van der Waals surface area (Å²) in [6, 6.07) is 4.56. The van der Waals surface area contributed by atoms with E-state index in [1.54, 1.807) is 16.9 Å². The molecule has 0 fully saturated rings. The number of rotatable bonds is 6. The molecule has 1 aromatic heterocycles. The smallest absolute Gasteiger partial charge is 0.341 e. The molecule has 116 valence electrons. The quantitative estimate of drug-likeness (QED) is 0.850. The van der Waals surface area contributed by atoms with Gasteiger partial charge in [-0.05, 0) is 25.1 Å². The van der Waals surface area contributed by atoms with E-state index in [9.17, 15) is 9.59 Å². The molecule has 0 aliphatic rings. The fraction of sp³-hybridized carbons (Fsp3) is 0.214. The number of hydrogen-bond acceptors (Lipinski definition) is 4. The average molecular weight is 324 g/mol. The van der Waals surface area contributed by atoms with E-state index in [1.807, 2.05) is 6.92 Å². The van der Waals surface area contributed by atoms with Gasteiger partial charge in [0.05, 0.1) is 16.8 Å². The first-order valence-corrected chi connectivity index (χ1v) is 6.85. The number of hydrogen-bond donors (Lipinski definition) is 2. The zero-order chi connectivity index (χ0) is 16.1. The van der Waals surface area contributed by atoms with Gasteiger partial charge in [0, 0.05) is 18.4 Å². The van der Waals surface area contributed by atoms with Gasteiger partial charge in [-0.25, -0.2) is 4.79 Å². The van der Waals surface area contributed by atoms with Crippen LogP contribution in [0, 0.1) is 0 Å². The Morgan fingerprint density at radius 2 is 2.23 bits per heavy atom. The van der Waals surface area contributed by atoms with Gasteiger partial charge in [-0.3, -0.25) is 9.48 Å². The topological polar surface area (TPSA) is 93.5 Å². The molecule has 0 saturated carbocycles. The first-order chi connectivity index (χ1) is 10.5. The van der Waals surface area contributed by atoms with Crippen LogP contribution in [-0.2, 0) is 11.3 Å². The summed E-state index contributed by atoms with van der Waals surface area (Å²) >= 11 is 5.98. The highest BCUT2D eigenvalue weighted by Crippen LogP contribution is 2.27. The van der Waals surface area contributed by atoms with Crippen LogP contribution < -0.4 is 10.1 Å². The molecule has 1 heterocycles. The van der Waals surface area contributed by atoms with Crippen molar-refractivity contribution in [1.29, 1.82) is 0 Å². The third-order valence-corrected chi connectivity index (χ3v) is 3.06. The minimum absolute atomic E-state index is 0.211. The van der Waals surface area contributed by atoms with Crippen LogP contribution in [0.2, 0.25) is 5.02 Å². The Labute approximate surface area is 131 Å². The number of aliphatic carboxylic acids is 1. The molecule has 2 N–H and O–H groups in total. The van der Waals surface area contributed by atoms with E-state index in [2.05, 4.69) is 10.4 Å². The van der Waals surface area contributed by atoms with Crippen molar-refractivity contribution in [2.75, 3.05) is 11.9 Å². The second-order valence-corrected chi connectivity index (χ2v) is 4.77. The summed E-state index contributed by atoms with van der Waals surface area (Å²) in [5.41, 5.74) is 0.908. The molecular weight excluding hydrogens is 310 g/mol. The van der Waals surface area contributed by atoms with Gasteiger partial charge in [0.1, 0.15) is 5.75 Å². The third-order valence-electron chi connectivity index (χ3n) is 2.76. The molecule has 0 unspecified atom stereocenters. The van der Waals surface area contributed by atoms with Crippen molar-refractivity contribution in [2.45, 2.75) is 13.5 Å². The largest absolute Gasteiger partial charge is 0.480 e. The first-order valence-electron chi connectivity index (χ1n) is 6.47. The number of ether oxygens (including phenoxy) is 1. The highest BCUT2D eigenvalue weighted by atomic mass is 35.5. The maximum Gasteiger partial charge on any atom is 0.341 e. The van der Waals surface area contributed by atoms with Crippen molar-refractivity contribution in [3.8, 4) is 5.75 Å². The number of carboxylic acid groups (broad SMARTS) is 1. The number of aromatic nitrogens is 2. The molecule has 2 aromatic rings. The van der Waals surface area contributed by atoms with Crippen molar-refractivity contribution >= 4 is 29.2 Å². The van der Waals surface area contributed by atoms with Gasteiger partial charge in [-0.2, -0.15) is 5.10 Å². The summed E-state index contributed by atoms with van der Waals surface area (Å²) in [5, 5.41) is 15.5. The minimum Gasteiger partial charge on any atom is -0.480 e. The van der Waals surface area contributed by atoms with E-state index in [4.69, 9.17) is 21.4 Å². The van der Waals surface area contributed by atoms with Crippen molar-refractivity contribution in [2.24, 2.45) is 0 Å². The molecule has 0 bridgehead atoms. The van der Waals surface area contributed by atoms with Crippen molar-refractivity contribution in [3.63, 3.8) is 0 Å². The van der Waals surface area contributed by atoms with Crippen LogP contribution in [0.5, 0.6) is 5.75 Å². The van der Waals surface area contributed by atoms with Gasteiger partial charge in [0.2, 0.25) is 0 Å². The predicted octanol–water partition coefficient (Wildman–Crippen LogP) is 2.27. The number of carbonyl (C=O) groups excluding carboxylic acids is 1. The molecule has 0 atom stereocenters. The van der Waals surface area contributed by atoms with Crippen LogP contribution in [0.4, 0.5) is 5.69 Å². The Kier molecular flexibility index (Phi) is 5.00. The summed E-state index contributed by atoms with van der Waals surface area (Å²) in [5.74, 6) is -1.17. The highest BCUT2D eigenvalue weighted by Gasteiger charge is 2.11. The van der Waals surface area contributed by atoms with Gasteiger partial charge in [0.15, 0.2) is 6.61 Å². The number of anilines is 1. The zero-order valence-electron chi connectivity index (χ0n) is 11.7. The molecule has 8 heteroatoms. The Balaban J connectivity index is 2.05. The third kappa shape index (κ3) is 3.98. The Hall–Kier alpha value is -2.54. The number of carbonyl (C=O) groups is 2. The maximum atomic E-state index is 12.0. The van der Waals surface area contributed by atoms with Crippen LogP contribution in [0.25, 0.3) is 0 Å². The monoisotopic (exact) mass is 323 g/mol. The molecule has 22 heavy (non-hydrogen) atoms. The summed E-state index contributed by atoms with van der Waals surface area (Å²) in [4.78, 5) is 22.5. The number of halogens is 1. The summed E-state index contributed by atoms with van der Waals surface area (Å²) in [7, 11) is 0. The number of benzene rings is 1. The molecule has 0 saturated heterocycles. The highest BCUT2D eigenvalue weighted by molar-refractivity contribution is 6.32. The second kappa shape index (κ2) is 6.95. The first kappa shape index (κ1) is 15.8. The number of amides is 1. The van der Waals surface area contributed by atoms with Gasteiger partial charge in [-0.1, -0.05) is 11.6 Å². The van der Waals surface area contributed by atoms with E-state index >= 15 is 0 Å². The normalized spacial score (nSPS) is 10.3. The Bertz CT molecular complexity index is 699. The Morgan fingerprint density at radius 1 is 1.45 bits per heavy atom. The lowest BCUT2D eigenvalue weighted by molar-refractivity contribution is -0.139. The second-order valence-electron chi connectivity index (χ2n) is 4.37. The lowest BCUT2D eigenvalue weighted by Gasteiger charge is -2.08. The van der Waals surface area contributed by atoms with Crippen molar-refractivity contribution in [1.82, 2.24) is 9.78 Å². The van der Waals surface area contributed by atoms with E-state index in [0.717, 1.165) is 0 Å². The molecular formula is C14H14ClN3O4. The van der Waals surface area contributed by atoms with Gasteiger partial charge < -0.3 is 15.2 Å². The van der Waals surface area contributed by atoms with E-state index in [1.165, 1.54) is 18.3 Å². The fourth-order valence-corrected chi connectivity index (χ4v) is 1.93. The average Bonchev–Trinajstić information content (AvgIpc) is 2.95. The van der Waals surface area contributed by atoms with E-state index < -0.39 is 12.6 Å². The molecule has 0 aliphatic heterocycles. The van der Waals surface area contributed by atoms with Crippen LogP contribution in [0.15, 0.2) is 30.6 Å². The molecule has 2 rings (SSSR count). The summed E-state index contributed by atoms with van der Waals surface area (Å²) in [6.45, 7) is 2.11. The van der Waals surface area contributed by atoms with Crippen LogP contribution in [0.1, 0.15) is 17.3 Å². The Morgan fingerprint density at radius 3 is 2.82 bits per heavy atom. The van der Waals surface area contributed by atoms with Crippen LogP contribution >= 0.6 is 11.6 Å². The fourth-order valence-electron chi connectivity index (χ4n) is 1.69. The van der Waals surface area contributed by atoms with Gasteiger partial charge in [0.25, 0.3) is 5.91 Å². The zero-order valence-corrected chi connectivity index (χ0v) is 12.5. The SMILES string of the molecule is CCn1cc(C(=O)Nc2ccc(OCC(=O)O)c(Cl)c2)cn1. The van der Waals surface area contributed by atoms with Gasteiger partial charge in [-0.15, -0.1) is 0 Å². The molecule has 1 amide bonds. The number of nitrogens with one attached hydrogen (secondary N) is 1. The molecule has 0 radical (unpaired) electrons. The number of carboxylic acids is 1. The standard InChI is InChI=1S/C14H14ClN3O4/c1-2-18-7-9(6-16-18)14(21)17-10-3-4-12(11(15)5-10)22-8-13(19)20/h3-7H,2,8H2,1H3,(H,17,21)(H,19,20). The molecule has 7 nitrogen and oxygen atoms in total. The predicted molar refractivity (Wildman–Crippen MR) is 80.4 cm³/mol. The maximum absolute atomic E-state index is 12.0. The van der Waals surface area contributed by atoms with E-state index in [-0.39, 0.29) is 16.7 Å². The van der Waals surface area contributed by atoms with Crippen molar-refractivity contribution in [3.05, 3.63) is 41.2 Å². The number of aryl methyl sites for hydroxylation is 1. The molecule has 0 aliphatic carbocycles. The minimum atomic E-state index is -1.10. The molecule has 0 spiro atoms. The van der Waals surface area contributed by atoms with Crippen LogP contribution in [-0.4, -0.2) is 33.4 Å².